The summed E-state index contributed by atoms with van der Waals surface area (Å²) >= 11 is 0. The van der Waals surface area contributed by atoms with Gasteiger partial charge >= 0.3 is 0 Å². The molecule has 1 fully saturated rings. The quantitative estimate of drug-likeness (QED) is 0.495. The van der Waals surface area contributed by atoms with Gasteiger partial charge in [-0.3, -0.25) is 13.9 Å². The highest BCUT2D eigenvalue weighted by atomic mass is 32.2. The van der Waals surface area contributed by atoms with Gasteiger partial charge < -0.3 is 15.0 Å². The van der Waals surface area contributed by atoms with E-state index in [-0.39, 0.29) is 18.5 Å². The van der Waals surface area contributed by atoms with Gasteiger partial charge in [0, 0.05) is 18.7 Å². The molecule has 2 aromatic carbocycles. The van der Waals surface area contributed by atoms with Gasteiger partial charge in [-0.2, -0.15) is 0 Å². The Morgan fingerprint density at radius 1 is 1.06 bits per heavy atom. The van der Waals surface area contributed by atoms with Crippen LogP contribution in [0.5, 0.6) is 5.75 Å². The van der Waals surface area contributed by atoms with Crippen molar-refractivity contribution in [2.75, 3.05) is 30.8 Å². The number of hydrogen-bond donors (Lipinski definition) is 1. The van der Waals surface area contributed by atoms with Crippen LogP contribution in [0.15, 0.2) is 54.6 Å². The minimum absolute atomic E-state index is 0.115. The molecule has 196 valence electrons. The molecule has 1 saturated carbocycles. The maximum atomic E-state index is 13.6. The Kier molecular flexibility index (Phi) is 9.75. The van der Waals surface area contributed by atoms with E-state index >= 15 is 0 Å². The molecule has 0 aromatic heterocycles. The van der Waals surface area contributed by atoms with E-state index in [1.807, 2.05) is 30.3 Å². The zero-order chi connectivity index (χ0) is 26.1. The topological polar surface area (TPSA) is 96.0 Å². The zero-order valence-corrected chi connectivity index (χ0v) is 22.2. The first-order chi connectivity index (χ1) is 17.2. The number of carbonyl (C=O) groups excluding carboxylic acids is 2. The summed E-state index contributed by atoms with van der Waals surface area (Å²) in [7, 11) is -2.28. The van der Waals surface area contributed by atoms with Gasteiger partial charge in [0.2, 0.25) is 21.8 Å². The number of amides is 2. The number of hydrogen-bond acceptors (Lipinski definition) is 5. The molecule has 8 nitrogen and oxygen atoms in total. The van der Waals surface area contributed by atoms with E-state index in [9.17, 15) is 18.0 Å². The summed E-state index contributed by atoms with van der Waals surface area (Å²) in [5.74, 6) is -0.171. The number of nitrogens with one attached hydrogen (secondary N) is 1. The van der Waals surface area contributed by atoms with Gasteiger partial charge in [-0.25, -0.2) is 8.42 Å². The summed E-state index contributed by atoms with van der Waals surface area (Å²) < 4.78 is 31.6. The summed E-state index contributed by atoms with van der Waals surface area (Å²) in [6, 6.07) is 15.6. The number of ether oxygens (including phenoxy) is 1. The Bertz CT molecular complexity index is 1120. The lowest BCUT2D eigenvalue weighted by atomic mass is 9.95. The van der Waals surface area contributed by atoms with E-state index < -0.39 is 28.5 Å². The molecule has 0 saturated heterocycles. The molecule has 0 heterocycles. The molecule has 1 aliphatic rings. The minimum Gasteiger partial charge on any atom is -0.497 e. The smallest absolute Gasteiger partial charge is 0.244 e. The summed E-state index contributed by atoms with van der Waals surface area (Å²) in [6.07, 6.45) is 6.83. The Hall–Kier alpha value is -3.07. The number of nitrogens with zero attached hydrogens (tertiary/aromatic N) is 2. The average molecular weight is 516 g/mol. The van der Waals surface area contributed by atoms with Crippen LogP contribution in [0.2, 0.25) is 0 Å². The number of methoxy groups -OCH3 is 1. The van der Waals surface area contributed by atoms with Crippen LogP contribution in [-0.2, 0) is 26.0 Å². The fraction of sp³-hybridized carbons (Fsp3) is 0.481. The highest BCUT2D eigenvalue weighted by Crippen LogP contribution is 2.24. The molecule has 1 N–H and O–H groups in total. The molecule has 9 heteroatoms. The van der Waals surface area contributed by atoms with Crippen LogP contribution >= 0.6 is 0 Å². The van der Waals surface area contributed by atoms with Crippen LogP contribution < -0.4 is 14.4 Å². The van der Waals surface area contributed by atoms with Gasteiger partial charge in [0.05, 0.1) is 19.1 Å². The predicted molar refractivity (Wildman–Crippen MR) is 142 cm³/mol. The second kappa shape index (κ2) is 12.8. The first-order valence-electron chi connectivity index (χ1n) is 12.4. The summed E-state index contributed by atoms with van der Waals surface area (Å²) in [4.78, 5) is 28.2. The number of anilines is 1. The van der Waals surface area contributed by atoms with E-state index in [1.165, 1.54) is 18.4 Å². The van der Waals surface area contributed by atoms with E-state index in [0.29, 0.717) is 17.9 Å². The van der Waals surface area contributed by atoms with Crippen LogP contribution in [0.4, 0.5) is 5.69 Å². The molecule has 1 atom stereocenters. The lowest BCUT2D eigenvalue weighted by Gasteiger charge is -2.33. The molecule has 0 radical (unpaired) electrons. The molecule has 1 aliphatic carbocycles. The lowest BCUT2D eigenvalue weighted by molar-refractivity contribution is -0.139. The first-order valence-corrected chi connectivity index (χ1v) is 14.3. The molecule has 3 rings (SSSR count). The Labute approximate surface area is 214 Å². The molecular weight excluding hydrogens is 478 g/mol. The van der Waals surface area contributed by atoms with Gasteiger partial charge in [-0.1, -0.05) is 55.7 Å². The first kappa shape index (κ1) is 27.5. The van der Waals surface area contributed by atoms with Crippen molar-refractivity contribution in [2.24, 2.45) is 0 Å². The van der Waals surface area contributed by atoms with E-state index in [1.54, 1.807) is 31.2 Å². The Morgan fingerprint density at radius 3 is 2.39 bits per heavy atom. The summed E-state index contributed by atoms with van der Waals surface area (Å²) in [6.45, 7) is 1.58. The summed E-state index contributed by atoms with van der Waals surface area (Å²) in [5, 5.41) is 3.10. The maximum absolute atomic E-state index is 13.6. The van der Waals surface area contributed by atoms with Crippen molar-refractivity contribution >= 4 is 27.5 Å². The Morgan fingerprint density at radius 2 is 1.75 bits per heavy atom. The fourth-order valence-electron chi connectivity index (χ4n) is 4.52. The molecule has 2 amide bonds. The van der Waals surface area contributed by atoms with Crippen molar-refractivity contribution in [3.63, 3.8) is 0 Å². The highest BCUT2D eigenvalue weighted by Gasteiger charge is 2.31. The normalized spacial score (nSPS) is 15.1. The van der Waals surface area contributed by atoms with Crippen LogP contribution in [0.3, 0.4) is 0 Å². The molecule has 0 bridgehead atoms. The van der Waals surface area contributed by atoms with Gasteiger partial charge in [-0.15, -0.1) is 0 Å². The van der Waals surface area contributed by atoms with Crippen molar-refractivity contribution in [1.82, 2.24) is 10.2 Å². The summed E-state index contributed by atoms with van der Waals surface area (Å²) in [5.41, 5.74) is 1.36. The maximum Gasteiger partial charge on any atom is 0.244 e. The number of benzene rings is 2. The van der Waals surface area contributed by atoms with Gasteiger partial charge in [-0.05, 0) is 43.9 Å². The third kappa shape index (κ3) is 7.71. The Balaban J connectivity index is 1.82. The SMILES string of the molecule is COc1cccc(N(CC(=O)N(CCc2ccccc2)[C@@H](C)C(=O)NC2CCCCC2)S(C)(=O)=O)c1. The second-order valence-corrected chi connectivity index (χ2v) is 11.2. The third-order valence-corrected chi connectivity index (χ3v) is 7.76. The number of sulfonamides is 1. The van der Waals surface area contributed by atoms with Crippen molar-refractivity contribution in [3.05, 3.63) is 60.2 Å². The van der Waals surface area contributed by atoms with E-state index in [2.05, 4.69) is 5.32 Å². The number of rotatable bonds is 11. The third-order valence-electron chi connectivity index (χ3n) is 6.62. The standard InChI is InChI=1S/C27H37N3O5S/c1-21(27(32)28-23-13-8-5-9-14-23)29(18-17-22-11-6-4-7-12-22)26(31)20-30(36(3,33)34)24-15-10-16-25(19-24)35-2/h4,6-7,10-12,15-16,19,21,23H,5,8-9,13-14,17-18,20H2,1-3H3,(H,28,32)/t21-/m0/s1. The van der Waals surface area contributed by atoms with Crippen LogP contribution in [0, 0.1) is 0 Å². The number of carbonyl (C=O) groups is 2. The van der Waals surface area contributed by atoms with Gasteiger partial charge in [0.15, 0.2) is 0 Å². The molecule has 36 heavy (non-hydrogen) atoms. The van der Waals surface area contributed by atoms with Gasteiger partial charge in [0.25, 0.3) is 0 Å². The molecular formula is C27H37N3O5S. The lowest BCUT2D eigenvalue weighted by Crippen LogP contribution is -2.53. The zero-order valence-electron chi connectivity index (χ0n) is 21.4. The second-order valence-electron chi connectivity index (χ2n) is 9.31. The van der Waals surface area contributed by atoms with Crippen LogP contribution in [0.25, 0.3) is 0 Å². The van der Waals surface area contributed by atoms with Crippen molar-refractivity contribution < 1.29 is 22.7 Å². The molecule has 0 unspecified atom stereocenters. The monoisotopic (exact) mass is 515 g/mol. The fourth-order valence-corrected chi connectivity index (χ4v) is 5.36. The van der Waals surface area contributed by atoms with E-state index in [0.717, 1.165) is 41.8 Å². The van der Waals surface area contributed by atoms with Crippen molar-refractivity contribution in [2.45, 2.75) is 57.5 Å². The highest BCUT2D eigenvalue weighted by molar-refractivity contribution is 7.92. The minimum atomic E-state index is -3.78. The van der Waals surface area contributed by atoms with Crippen molar-refractivity contribution in [1.29, 1.82) is 0 Å². The van der Waals surface area contributed by atoms with Gasteiger partial charge in [0.1, 0.15) is 18.3 Å². The van der Waals surface area contributed by atoms with Crippen LogP contribution in [0.1, 0.15) is 44.6 Å². The molecule has 0 aliphatic heterocycles. The largest absolute Gasteiger partial charge is 0.497 e. The van der Waals surface area contributed by atoms with Crippen LogP contribution in [-0.4, -0.2) is 63.7 Å². The van der Waals surface area contributed by atoms with E-state index in [4.69, 9.17) is 4.74 Å². The molecule has 0 spiro atoms. The predicted octanol–water partition coefficient (Wildman–Crippen LogP) is 3.37. The molecule has 2 aromatic rings. The average Bonchev–Trinajstić information content (AvgIpc) is 2.87. The van der Waals surface area contributed by atoms with Crippen molar-refractivity contribution in [3.8, 4) is 5.75 Å².